The third-order valence-corrected chi connectivity index (χ3v) is 4.59. The molecule has 2 amide bonds. The summed E-state index contributed by atoms with van der Waals surface area (Å²) in [6, 6.07) is 6.78. The number of benzene rings is 1. The molecule has 128 valence electrons. The Balaban J connectivity index is 2.02. The summed E-state index contributed by atoms with van der Waals surface area (Å²) in [6.45, 7) is 3.28. The van der Waals surface area contributed by atoms with E-state index in [9.17, 15) is 14.7 Å². The van der Waals surface area contributed by atoms with Crippen LogP contribution in [0.3, 0.4) is 0 Å². The van der Waals surface area contributed by atoms with Crippen molar-refractivity contribution < 1.29 is 23.9 Å². The number of hydrogen-bond acceptors (Lipinski definition) is 6. The number of aromatic nitrogens is 2. The molecule has 0 radical (unpaired) electrons. The number of carbonyl (C=O) groups excluding carboxylic acids is 2. The molecule has 1 aromatic heterocycles. The maximum atomic E-state index is 12.4. The maximum Gasteiger partial charge on any atom is 0.291 e. The standard InChI is InChI=1S/C15H17N4O4S/c1-4-12(24-14-15(22)23-18-19(14)3)13(21)17-11-7-5-10(6-8-11)16-9(2)20/h5-8,12,22H,4H2,1-3H3/q-1/p+1. The zero-order valence-corrected chi connectivity index (χ0v) is 14.3. The normalized spacial score (nSPS) is 11.8. The van der Waals surface area contributed by atoms with Gasteiger partial charge in [-0.15, -0.1) is 0 Å². The van der Waals surface area contributed by atoms with E-state index in [0.717, 1.165) is 11.8 Å². The van der Waals surface area contributed by atoms with E-state index >= 15 is 0 Å². The summed E-state index contributed by atoms with van der Waals surface area (Å²) >= 11 is 1.11. The average molecular weight is 350 g/mol. The van der Waals surface area contributed by atoms with E-state index in [2.05, 4.69) is 20.4 Å². The van der Waals surface area contributed by atoms with Crippen molar-refractivity contribution in [1.82, 2.24) is 5.27 Å². The van der Waals surface area contributed by atoms with Gasteiger partial charge in [0.1, 0.15) is 0 Å². The van der Waals surface area contributed by atoms with Crippen molar-refractivity contribution in [2.24, 2.45) is 7.05 Å². The van der Waals surface area contributed by atoms with Gasteiger partial charge in [-0.1, -0.05) is 11.6 Å². The van der Waals surface area contributed by atoms with Crippen LogP contribution < -0.4 is 20.4 Å². The minimum atomic E-state index is -0.562. The van der Waals surface area contributed by atoms with Gasteiger partial charge in [0.2, 0.25) is 11.8 Å². The molecule has 8 nitrogen and oxygen atoms in total. The first-order valence-corrected chi connectivity index (χ1v) is 8.16. The molecule has 1 unspecified atom stereocenters. The summed E-state index contributed by atoms with van der Waals surface area (Å²) in [6.07, 6.45) is 0.533. The van der Waals surface area contributed by atoms with Crippen molar-refractivity contribution >= 4 is 35.0 Å². The molecule has 1 aromatic carbocycles. The van der Waals surface area contributed by atoms with E-state index in [1.165, 1.54) is 11.6 Å². The number of nitrogens with zero attached hydrogens (tertiary/aromatic N) is 2. The van der Waals surface area contributed by atoms with Crippen LogP contribution in [0.15, 0.2) is 33.8 Å². The molecule has 0 fully saturated rings. The molecule has 2 N–H and O–H groups in total. The number of rotatable bonds is 6. The lowest BCUT2D eigenvalue weighted by Crippen LogP contribution is -2.34. The van der Waals surface area contributed by atoms with Gasteiger partial charge >= 0.3 is 0 Å². The number of amides is 2. The fraction of sp³-hybridized carbons (Fsp3) is 0.333. The minimum absolute atomic E-state index is 0.163. The van der Waals surface area contributed by atoms with Crippen molar-refractivity contribution in [2.75, 3.05) is 10.6 Å². The van der Waals surface area contributed by atoms with E-state index in [-0.39, 0.29) is 16.8 Å². The van der Waals surface area contributed by atoms with E-state index in [1.54, 1.807) is 31.3 Å². The van der Waals surface area contributed by atoms with Crippen molar-refractivity contribution in [3.05, 3.63) is 24.3 Å². The molecule has 0 aliphatic carbocycles. The Hall–Kier alpha value is -2.55. The first-order chi connectivity index (χ1) is 11.4. The summed E-state index contributed by atoms with van der Waals surface area (Å²) < 4.78 is 5.86. The predicted molar refractivity (Wildman–Crippen MR) is 86.4 cm³/mol. The zero-order chi connectivity index (χ0) is 17.7. The summed E-state index contributed by atoms with van der Waals surface area (Å²) in [5, 5.41) is 20.3. The lowest BCUT2D eigenvalue weighted by Gasteiger charge is -2.13. The number of carbonyl (C=O) groups is 2. The Morgan fingerprint density at radius 2 is 1.88 bits per heavy atom. The van der Waals surface area contributed by atoms with Gasteiger partial charge in [-0.05, 0) is 42.4 Å². The van der Waals surface area contributed by atoms with Crippen LogP contribution in [0.1, 0.15) is 20.3 Å². The van der Waals surface area contributed by atoms with E-state index in [1.807, 2.05) is 6.92 Å². The van der Waals surface area contributed by atoms with Crippen molar-refractivity contribution in [2.45, 2.75) is 30.5 Å². The summed E-state index contributed by atoms with van der Waals surface area (Å²) in [7, 11) is 1.58. The Kier molecular flexibility index (Phi) is 5.80. The molecule has 0 saturated heterocycles. The molecule has 1 atom stereocenters. The minimum Gasteiger partial charge on any atom is -0.538 e. The Morgan fingerprint density at radius 1 is 1.29 bits per heavy atom. The van der Waals surface area contributed by atoms with Crippen molar-refractivity contribution in [3.8, 4) is 5.95 Å². The molecule has 9 heteroatoms. The number of hydrogen-bond donors (Lipinski definition) is 2. The van der Waals surface area contributed by atoms with Gasteiger partial charge in [0, 0.05) is 18.3 Å². The van der Waals surface area contributed by atoms with Gasteiger partial charge in [-0.2, -0.15) is 0 Å². The van der Waals surface area contributed by atoms with Gasteiger partial charge in [-0.3, -0.25) is 9.59 Å². The monoisotopic (exact) mass is 350 g/mol. The SMILES string of the molecule is CCC(Sc1c([O-])on[n+]1C)C(=O)Nc1ccc(NC(C)=O)cc1. The van der Waals surface area contributed by atoms with Crippen LogP contribution in [-0.2, 0) is 16.6 Å². The van der Waals surface area contributed by atoms with Gasteiger partial charge in [0.05, 0.1) is 10.5 Å². The van der Waals surface area contributed by atoms with Crippen LogP contribution in [-0.4, -0.2) is 22.3 Å². The van der Waals surface area contributed by atoms with Crippen molar-refractivity contribution in [3.63, 3.8) is 0 Å². The van der Waals surface area contributed by atoms with Crippen LogP contribution in [0.2, 0.25) is 0 Å². The Labute approximate surface area is 143 Å². The zero-order valence-electron chi connectivity index (χ0n) is 13.5. The molecular weight excluding hydrogens is 332 g/mol. The second-order valence-corrected chi connectivity index (χ2v) is 6.24. The quantitative estimate of drug-likeness (QED) is 0.595. The highest BCUT2D eigenvalue weighted by Gasteiger charge is 2.25. The summed E-state index contributed by atoms with van der Waals surface area (Å²) in [5.41, 5.74) is 1.25. The predicted octanol–water partition coefficient (Wildman–Crippen LogP) is 1.04. The largest absolute Gasteiger partial charge is 0.538 e. The topological polar surface area (TPSA) is 111 Å². The first-order valence-electron chi connectivity index (χ1n) is 7.29. The second-order valence-electron chi connectivity index (χ2n) is 5.05. The first kappa shape index (κ1) is 17.8. The molecule has 0 saturated carbocycles. The number of aryl methyl sites for hydroxylation is 1. The van der Waals surface area contributed by atoms with Crippen LogP contribution in [0, 0.1) is 0 Å². The van der Waals surface area contributed by atoms with Gasteiger partial charge in [0.25, 0.3) is 5.03 Å². The van der Waals surface area contributed by atoms with E-state index < -0.39 is 11.2 Å². The third-order valence-electron chi connectivity index (χ3n) is 3.10. The molecule has 0 aliphatic heterocycles. The molecule has 2 aromatic rings. The second kappa shape index (κ2) is 7.82. The van der Waals surface area contributed by atoms with Gasteiger partial charge in [-0.25, -0.2) is 0 Å². The molecule has 0 spiro atoms. The average Bonchev–Trinajstić information content (AvgIpc) is 2.85. The van der Waals surface area contributed by atoms with E-state index in [4.69, 9.17) is 0 Å². The lowest BCUT2D eigenvalue weighted by molar-refractivity contribution is -0.772. The molecule has 0 bridgehead atoms. The maximum absolute atomic E-state index is 12.4. The highest BCUT2D eigenvalue weighted by Crippen LogP contribution is 2.28. The van der Waals surface area contributed by atoms with Crippen LogP contribution in [0.4, 0.5) is 11.4 Å². The van der Waals surface area contributed by atoms with Crippen LogP contribution in [0.5, 0.6) is 5.95 Å². The van der Waals surface area contributed by atoms with Crippen LogP contribution >= 0.6 is 11.8 Å². The summed E-state index contributed by atoms with van der Waals surface area (Å²) in [5.74, 6) is -0.951. The summed E-state index contributed by atoms with van der Waals surface area (Å²) in [4.78, 5) is 23.4. The lowest BCUT2D eigenvalue weighted by atomic mass is 10.2. The molecule has 1 heterocycles. The number of nitrogens with one attached hydrogen (secondary N) is 2. The molecule has 2 rings (SSSR count). The number of thioether (sulfide) groups is 1. The molecule has 24 heavy (non-hydrogen) atoms. The Bertz CT molecular complexity index is 710. The van der Waals surface area contributed by atoms with Gasteiger partial charge in [0.15, 0.2) is 13.0 Å². The number of anilines is 2. The third kappa shape index (κ3) is 4.48. The van der Waals surface area contributed by atoms with Crippen LogP contribution in [0.25, 0.3) is 0 Å². The fourth-order valence-corrected chi connectivity index (χ4v) is 2.87. The highest BCUT2D eigenvalue weighted by atomic mass is 32.2. The Morgan fingerprint density at radius 3 is 2.33 bits per heavy atom. The van der Waals surface area contributed by atoms with Gasteiger partial charge < -0.3 is 20.3 Å². The molecule has 0 aliphatic rings. The smallest absolute Gasteiger partial charge is 0.291 e. The molecular formula is C15H18N4O4S. The fourth-order valence-electron chi connectivity index (χ4n) is 1.95. The highest BCUT2D eigenvalue weighted by molar-refractivity contribution is 8.00. The van der Waals surface area contributed by atoms with Crippen molar-refractivity contribution in [1.29, 1.82) is 0 Å². The van der Waals surface area contributed by atoms with E-state index in [0.29, 0.717) is 17.8 Å².